The first kappa shape index (κ1) is 15.4. The minimum absolute atomic E-state index is 0.348. The lowest BCUT2D eigenvalue weighted by molar-refractivity contribution is 0.295. The van der Waals surface area contributed by atoms with Gasteiger partial charge in [-0.2, -0.15) is 0 Å². The Morgan fingerprint density at radius 2 is 1.95 bits per heavy atom. The van der Waals surface area contributed by atoms with Crippen LogP contribution in [0.1, 0.15) is 45.6 Å². The molecule has 0 radical (unpaired) electrons. The zero-order valence-electron chi connectivity index (χ0n) is 13.6. The topological polar surface area (TPSA) is 15.3 Å². The molecule has 1 aromatic rings. The normalized spacial score (nSPS) is 17.8. The third-order valence-corrected chi connectivity index (χ3v) is 4.66. The molecule has 0 heterocycles. The molecule has 1 fully saturated rings. The van der Waals surface area contributed by atoms with Gasteiger partial charge in [-0.05, 0) is 50.2 Å². The van der Waals surface area contributed by atoms with Crippen LogP contribution in [0.15, 0.2) is 24.3 Å². The average Bonchev–Trinajstić information content (AvgIpc) is 3.28. The Balaban J connectivity index is 2.04. The SMILES string of the molecule is CCN(CC(C)(CC)CNC1CC1)c1ccccc1C. The van der Waals surface area contributed by atoms with E-state index in [0.29, 0.717) is 5.41 Å². The van der Waals surface area contributed by atoms with Crippen molar-refractivity contribution in [2.75, 3.05) is 24.5 Å². The lowest BCUT2D eigenvalue weighted by Crippen LogP contribution is -2.43. The maximum atomic E-state index is 3.72. The van der Waals surface area contributed by atoms with Crippen molar-refractivity contribution in [2.45, 2.75) is 53.0 Å². The Hall–Kier alpha value is -1.02. The van der Waals surface area contributed by atoms with E-state index >= 15 is 0 Å². The summed E-state index contributed by atoms with van der Waals surface area (Å²) >= 11 is 0. The largest absolute Gasteiger partial charge is 0.371 e. The molecule has 0 spiro atoms. The van der Waals surface area contributed by atoms with Gasteiger partial charge in [0.05, 0.1) is 0 Å². The quantitative estimate of drug-likeness (QED) is 0.771. The third kappa shape index (κ3) is 3.99. The van der Waals surface area contributed by atoms with E-state index in [1.165, 1.54) is 30.5 Å². The maximum Gasteiger partial charge on any atom is 0.0396 e. The monoisotopic (exact) mass is 274 g/mol. The van der Waals surface area contributed by atoms with Crippen molar-refractivity contribution in [1.82, 2.24) is 5.32 Å². The Labute approximate surface area is 124 Å². The van der Waals surface area contributed by atoms with Crippen molar-refractivity contribution in [3.63, 3.8) is 0 Å². The van der Waals surface area contributed by atoms with Crippen molar-refractivity contribution in [3.8, 4) is 0 Å². The molecule has 1 aliphatic carbocycles. The summed E-state index contributed by atoms with van der Waals surface area (Å²) < 4.78 is 0. The van der Waals surface area contributed by atoms with Crippen molar-refractivity contribution in [1.29, 1.82) is 0 Å². The van der Waals surface area contributed by atoms with Gasteiger partial charge in [0.2, 0.25) is 0 Å². The molecule has 0 amide bonds. The highest BCUT2D eigenvalue weighted by Crippen LogP contribution is 2.28. The summed E-state index contributed by atoms with van der Waals surface area (Å²) in [5.74, 6) is 0. The number of hydrogen-bond donors (Lipinski definition) is 1. The Bertz CT molecular complexity index is 425. The second kappa shape index (κ2) is 6.62. The van der Waals surface area contributed by atoms with Crippen molar-refractivity contribution in [2.24, 2.45) is 5.41 Å². The molecule has 112 valence electrons. The van der Waals surface area contributed by atoms with E-state index in [-0.39, 0.29) is 0 Å². The fourth-order valence-corrected chi connectivity index (χ4v) is 2.72. The number of benzene rings is 1. The molecule has 0 saturated heterocycles. The van der Waals surface area contributed by atoms with Crippen molar-refractivity contribution in [3.05, 3.63) is 29.8 Å². The molecule has 1 atom stereocenters. The maximum absolute atomic E-state index is 3.72. The highest BCUT2D eigenvalue weighted by Gasteiger charge is 2.29. The minimum atomic E-state index is 0.348. The zero-order valence-corrected chi connectivity index (χ0v) is 13.6. The average molecular weight is 274 g/mol. The molecule has 1 unspecified atom stereocenters. The summed E-state index contributed by atoms with van der Waals surface area (Å²) in [4.78, 5) is 2.54. The predicted octanol–water partition coefficient (Wildman–Crippen LogP) is 3.99. The summed E-state index contributed by atoms with van der Waals surface area (Å²) in [5, 5.41) is 3.72. The Kier molecular flexibility index (Phi) is 5.09. The second-order valence-corrected chi connectivity index (χ2v) is 6.62. The summed E-state index contributed by atoms with van der Waals surface area (Å²) in [7, 11) is 0. The van der Waals surface area contributed by atoms with E-state index in [4.69, 9.17) is 0 Å². The molecule has 1 aromatic carbocycles. The van der Waals surface area contributed by atoms with Crippen LogP contribution < -0.4 is 10.2 Å². The van der Waals surface area contributed by atoms with Crippen LogP contribution in [0.3, 0.4) is 0 Å². The van der Waals surface area contributed by atoms with Gasteiger partial charge in [-0.1, -0.05) is 32.0 Å². The van der Waals surface area contributed by atoms with Gasteiger partial charge in [0.1, 0.15) is 0 Å². The Morgan fingerprint density at radius 1 is 1.25 bits per heavy atom. The van der Waals surface area contributed by atoms with E-state index in [9.17, 15) is 0 Å². The summed E-state index contributed by atoms with van der Waals surface area (Å²) in [6, 6.07) is 9.54. The number of hydrogen-bond acceptors (Lipinski definition) is 2. The molecule has 2 rings (SSSR count). The van der Waals surface area contributed by atoms with E-state index in [1.54, 1.807) is 0 Å². The van der Waals surface area contributed by atoms with Crippen LogP contribution in [0.5, 0.6) is 0 Å². The molecule has 1 saturated carbocycles. The van der Waals surface area contributed by atoms with Crippen molar-refractivity contribution >= 4 is 5.69 Å². The number of anilines is 1. The second-order valence-electron chi connectivity index (χ2n) is 6.62. The number of aryl methyl sites for hydroxylation is 1. The summed E-state index contributed by atoms with van der Waals surface area (Å²) in [6.45, 7) is 12.6. The van der Waals surface area contributed by atoms with Crippen LogP contribution in [0.25, 0.3) is 0 Å². The van der Waals surface area contributed by atoms with Crippen molar-refractivity contribution < 1.29 is 0 Å². The first-order valence-electron chi connectivity index (χ1n) is 8.12. The molecule has 1 aliphatic rings. The zero-order chi connectivity index (χ0) is 14.6. The molecule has 2 heteroatoms. The van der Waals surface area contributed by atoms with E-state index in [1.807, 2.05) is 0 Å². The summed E-state index contributed by atoms with van der Waals surface area (Å²) in [5.41, 5.74) is 3.12. The highest BCUT2D eigenvalue weighted by atomic mass is 15.1. The number of nitrogens with one attached hydrogen (secondary N) is 1. The predicted molar refractivity (Wildman–Crippen MR) is 88.5 cm³/mol. The van der Waals surface area contributed by atoms with E-state index in [2.05, 4.69) is 62.2 Å². The summed E-state index contributed by atoms with van der Waals surface area (Å²) in [6.07, 6.45) is 3.96. The number of nitrogens with zero attached hydrogens (tertiary/aromatic N) is 1. The number of para-hydroxylation sites is 1. The van der Waals surface area contributed by atoms with Gasteiger partial charge in [-0.25, -0.2) is 0 Å². The highest BCUT2D eigenvalue weighted by molar-refractivity contribution is 5.53. The minimum Gasteiger partial charge on any atom is -0.371 e. The first-order chi connectivity index (χ1) is 9.58. The molecule has 0 aromatic heterocycles. The molecule has 0 aliphatic heterocycles. The first-order valence-corrected chi connectivity index (χ1v) is 8.12. The van der Waals surface area contributed by atoms with Gasteiger partial charge >= 0.3 is 0 Å². The van der Waals surface area contributed by atoms with Crippen LogP contribution in [0.4, 0.5) is 5.69 Å². The molecule has 1 N–H and O–H groups in total. The van der Waals surface area contributed by atoms with Gasteiger partial charge in [0, 0.05) is 31.4 Å². The fourth-order valence-electron chi connectivity index (χ4n) is 2.72. The van der Waals surface area contributed by atoms with Gasteiger partial charge in [-0.15, -0.1) is 0 Å². The Morgan fingerprint density at radius 3 is 2.50 bits per heavy atom. The fraction of sp³-hybridized carbons (Fsp3) is 0.667. The van der Waals surface area contributed by atoms with Crippen LogP contribution >= 0.6 is 0 Å². The lowest BCUT2D eigenvalue weighted by Gasteiger charge is -2.36. The number of rotatable bonds is 8. The molecule has 20 heavy (non-hydrogen) atoms. The van der Waals surface area contributed by atoms with Crippen LogP contribution in [0, 0.1) is 12.3 Å². The van der Waals surface area contributed by atoms with Crippen LogP contribution in [-0.4, -0.2) is 25.7 Å². The standard InChI is InChI=1S/C18H30N2/c1-5-18(4,13-19-16-11-12-16)14-20(6-2)17-10-8-7-9-15(17)3/h7-10,16,19H,5-6,11-14H2,1-4H3. The van der Waals surface area contributed by atoms with E-state index in [0.717, 1.165) is 25.7 Å². The molecule has 0 bridgehead atoms. The molecular formula is C18H30N2. The van der Waals surface area contributed by atoms with Gasteiger partial charge in [0.25, 0.3) is 0 Å². The molecule has 2 nitrogen and oxygen atoms in total. The van der Waals surface area contributed by atoms with Crippen LogP contribution in [0.2, 0.25) is 0 Å². The van der Waals surface area contributed by atoms with Gasteiger partial charge < -0.3 is 10.2 Å². The third-order valence-electron chi connectivity index (χ3n) is 4.66. The smallest absolute Gasteiger partial charge is 0.0396 e. The van der Waals surface area contributed by atoms with Crippen LogP contribution in [-0.2, 0) is 0 Å². The lowest BCUT2D eigenvalue weighted by atomic mass is 9.86. The van der Waals surface area contributed by atoms with E-state index < -0.39 is 0 Å². The molecular weight excluding hydrogens is 244 g/mol. The van der Waals surface area contributed by atoms with Gasteiger partial charge in [-0.3, -0.25) is 0 Å². The van der Waals surface area contributed by atoms with Gasteiger partial charge in [0.15, 0.2) is 0 Å².